The molecule has 128 valence electrons. The number of hydrogen-bond acceptors (Lipinski definition) is 5. The summed E-state index contributed by atoms with van der Waals surface area (Å²) >= 11 is 1.08. The maximum atomic E-state index is 13.1. The molecule has 0 aliphatic rings. The first-order chi connectivity index (χ1) is 12.0. The summed E-state index contributed by atoms with van der Waals surface area (Å²) in [5.41, 5.74) is 0.972. The summed E-state index contributed by atoms with van der Waals surface area (Å²) in [6.07, 6.45) is 0. The Morgan fingerprint density at radius 1 is 1.12 bits per heavy atom. The van der Waals surface area contributed by atoms with E-state index >= 15 is 0 Å². The zero-order chi connectivity index (χ0) is 17.8. The lowest BCUT2D eigenvalue weighted by Gasteiger charge is -2.05. The second-order valence-corrected chi connectivity index (χ2v) is 5.97. The van der Waals surface area contributed by atoms with Crippen LogP contribution in [0.5, 0.6) is 0 Å². The monoisotopic (exact) mass is 361 g/mol. The first kappa shape index (κ1) is 16.9. The first-order valence-electron chi connectivity index (χ1n) is 7.17. The van der Waals surface area contributed by atoms with Crippen LogP contribution < -0.4 is 11.2 Å². The van der Waals surface area contributed by atoms with E-state index in [0.29, 0.717) is 22.2 Å². The van der Waals surface area contributed by atoms with Crippen molar-refractivity contribution in [3.8, 4) is 11.4 Å². The molecule has 0 aliphatic carbocycles. The number of hydrogen-bond donors (Lipinski definition) is 2. The fourth-order valence-electron chi connectivity index (χ4n) is 2.06. The number of benzene rings is 2. The highest BCUT2D eigenvalue weighted by Gasteiger charge is 2.14. The third-order valence-corrected chi connectivity index (χ3v) is 4.15. The van der Waals surface area contributed by atoms with Gasteiger partial charge in [0.25, 0.3) is 0 Å². The first-order valence-corrected chi connectivity index (χ1v) is 8.16. The Balaban J connectivity index is 1.64. The predicted octanol–water partition coefficient (Wildman–Crippen LogP) is 2.67. The molecule has 3 aromatic rings. The average Bonchev–Trinajstić information content (AvgIpc) is 2.94. The van der Waals surface area contributed by atoms with Gasteiger partial charge in [-0.25, -0.2) is 13.5 Å². The average molecular weight is 361 g/mol. The Hall–Kier alpha value is -2.94. The normalized spacial score (nSPS) is 10.6. The van der Waals surface area contributed by atoms with Crippen molar-refractivity contribution in [2.45, 2.75) is 5.16 Å². The molecule has 1 aromatic heterocycles. The summed E-state index contributed by atoms with van der Waals surface area (Å²) in [7, 11) is 0. The van der Waals surface area contributed by atoms with Crippen LogP contribution in [-0.2, 0) is 4.79 Å². The highest BCUT2D eigenvalue weighted by Crippen LogP contribution is 2.22. The van der Waals surface area contributed by atoms with E-state index in [2.05, 4.69) is 15.5 Å². The second-order valence-electron chi connectivity index (χ2n) is 5.03. The topological polar surface area (TPSA) is 85.8 Å². The number of amides is 1. The van der Waals surface area contributed by atoms with E-state index in [1.54, 1.807) is 6.07 Å². The molecule has 6 nitrogen and oxygen atoms in total. The summed E-state index contributed by atoms with van der Waals surface area (Å²) < 4.78 is 27.3. The van der Waals surface area contributed by atoms with Crippen molar-refractivity contribution >= 4 is 23.4 Å². The molecule has 0 fully saturated rings. The largest absolute Gasteiger partial charge is 0.335 e. The van der Waals surface area contributed by atoms with Gasteiger partial charge in [-0.05, 0) is 42.5 Å². The number of thioether (sulfide) groups is 1. The Kier molecular flexibility index (Phi) is 4.94. The van der Waals surface area contributed by atoms with Crippen molar-refractivity contribution < 1.29 is 13.6 Å². The molecule has 9 heteroatoms. The minimum atomic E-state index is -0.434. The number of anilines is 1. The van der Waals surface area contributed by atoms with Gasteiger partial charge in [0.15, 0.2) is 5.82 Å². The van der Waals surface area contributed by atoms with E-state index in [1.165, 1.54) is 47.1 Å². The Bertz CT molecular complexity index is 898. The predicted molar refractivity (Wildman–Crippen MR) is 91.3 cm³/mol. The van der Waals surface area contributed by atoms with Crippen molar-refractivity contribution in [1.29, 1.82) is 0 Å². The van der Waals surface area contributed by atoms with Gasteiger partial charge in [0.1, 0.15) is 11.6 Å². The summed E-state index contributed by atoms with van der Waals surface area (Å²) in [5, 5.41) is 10.8. The van der Waals surface area contributed by atoms with Crippen LogP contribution in [0.2, 0.25) is 0 Å². The van der Waals surface area contributed by atoms with Crippen LogP contribution in [0.4, 0.5) is 14.5 Å². The van der Waals surface area contributed by atoms with Crippen LogP contribution in [0.25, 0.3) is 11.4 Å². The molecule has 3 N–H and O–H groups in total. The van der Waals surface area contributed by atoms with E-state index in [9.17, 15) is 13.6 Å². The Morgan fingerprint density at radius 2 is 1.88 bits per heavy atom. The van der Waals surface area contributed by atoms with Gasteiger partial charge in [-0.15, -0.1) is 10.2 Å². The van der Waals surface area contributed by atoms with Crippen molar-refractivity contribution in [2.75, 3.05) is 16.9 Å². The number of rotatable bonds is 5. The third-order valence-electron chi connectivity index (χ3n) is 3.21. The molecule has 1 heterocycles. The Morgan fingerprint density at radius 3 is 2.60 bits per heavy atom. The summed E-state index contributed by atoms with van der Waals surface area (Å²) in [6.45, 7) is 0. The lowest BCUT2D eigenvalue weighted by Crippen LogP contribution is -2.16. The number of carbonyl (C=O) groups is 1. The van der Waals surface area contributed by atoms with E-state index in [0.717, 1.165) is 11.8 Å². The summed E-state index contributed by atoms with van der Waals surface area (Å²) in [5.74, 6) is 5.17. The molecule has 0 spiro atoms. The molecule has 2 aromatic carbocycles. The number of nitrogens with two attached hydrogens (primary N) is 1. The van der Waals surface area contributed by atoms with Crippen LogP contribution in [0, 0.1) is 11.6 Å². The molecule has 0 atom stereocenters. The number of nitrogens with one attached hydrogen (secondary N) is 1. The minimum absolute atomic E-state index is 0.0231. The molecule has 1 amide bonds. The van der Waals surface area contributed by atoms with Crippen LogP contribution >= 0.6 is 11.8 Å². The van der Waals surface area contributed by atoms with Gasteiger partial charge < -0.3 is 11.2 Å². The van der Waals surface area contributed by atoms with Crippen molar-refractivity contribution in [2.24, 2.45) is 0 Å². The van der Waals surface area contributed by atoms with Gasteiger partial charge in [-0.3, -0.25) is 4.79 Å². The maximum Gasteiger partial charge on any atom is 0.234 e. The fourth-order valence-corrected chi connectivity index (χ4v) is 2.72. The molecule has 3 rings (SSSR count). The molecule has 0 unspecified atom stereocenters. The Labute approximate surface area is 146 Å². The summed E-state index contributed by atoms with van der Waals surface area (Å²) in [6, 6.07) is 11.3. The fraction of sp³-hybridized carbons (Fsp3) is 0.0625. The molecule has 0 bridgehead atoms. The zero-order valence-corrected chi connectivity index (χ0v) is 13.6. The van der Waals surface area contributed by atoms with Gasteiger partial charge >= 0.3 is 0 Å². The number of aromatic nitrogens is 3. The van der Waals surface area contributed by atoms with E-state index in [-0.39, 0.29) is 17.5 Å². The number of halogens is 2. The zero-order valence-electron chi connectivity index (χ0n) is 12.8. The number of nitrogens with zero attached hydrogens (tertiary/aromatic N) is 3. The van der Waals surface area contributed by atoms with Crippen molar-refractivity contribution in [3.63, 3.8) is 0 Å². The number of carbonyl (C=O) groups excluding carboxylic acids is 1. The lowest BCUT2D eigenvalue weighted by molar-refractivity contribution is -0.113. The quantitative estimate of drug-likeness (QED) is 0.539. The molecule has 0 saturated heterocycles. The smallest absolute Gasteiger partial charge is 0.234 e. The van der Waals surface area contributed by atoms with Crippen molar-refractivity contribution in [1.82, 2.24) is 14.9 Å². The molecule has 0 radical (unpaired) electrons. The second kappa shape index (κ2) is 7.31. The van der Waals surface area contributed by atoms with Gasteiger partial charge in [0.05, 0.1) is 5.75 Å². The molecule has 0 aliphatic heterocycles. The standard InChI is InChI=1S/C16H13F2N5OS/c17-11-6-4-10(5-7-11)15-21-22-16(23(15)19)25-9-14(24)20-13-3-1-2-12(18)8-13/h1-8H,9,19H2,(H,20,24). The van der Waals surface area contributed by atoms with Crippen LogP contribution in [0.3, 0.4) is 0 Å². The lowest BCUT2D eigenvalue weighted by atomic mass is 10.2. The highest BCUT2D eigenvalue weighted by molar-refractivity contribution is 7.99. The van der Waals surface area contributed by atoms with E-state index in [1.807, 2.05) is 0 Å². The third kappa shape index (κ3) is 4.13. The highest BCUT2D eigenvalue weighted by atomic mass is 32.2. The van der Waals surface area contributed by atoms with E-state index in [4.69, 9.17) is 5.84 Å². The van der Waals surface area contributed by atoms with Gasteiger partial charge in [0.2, 0.25) is 11.1 Å². The van der Waals surface area contributed by atoms with Crippen LogP contribution in [0.15, 0.2) is 53.7 Å². The number of nitrogen functional groups attached to an aromatic ring is 1. The van der Waals surface area contributed by atoms with Gasteiger partial charge in [-0.2, -0.15) is 0 Å². The van der Waals surface area contributed by atoms with Gasteiger partial charge in [0, 0.05) is 11.3 Å². The van der Waals surface area contributed by atoms with Crippen LogP contribution in [0.1, 0.15) is 0 Å². The van der Waals surface area contributed by atoms with Gasteiger partial charge in [-0.1, -0.05) is 17.8 Å². The summed E-state index contributed by atoms with van der Waals surface area (Å²) in [4.78, 5) is 11.9. The maximum absolute atomic E-state index is 13.1. The minimum Gasteiger partial charge on any atom is -0.335 e. The van der Waals surface area contributed by atoms with Crippen molar-refractivity contribution in [3.05, 3.63) is 60.2 Å². The molecule has 25 heavy (non-hydrogen) atoms. The van der Waals surface area contributed by atoms with E-state index < -0.39 is 5.82 Å². The molecule has 0 saturated carbocycles. The molecular weight excluding hydrogens is 348 g/mol. The van der Waals surface area contributed by atoms with Crippen LogP contribution in [-0.4, -0.2) is 26.5 Å². The molecular formula is C16H13F2N5OS. The SMILES string of the molecule is Nn1c(SCC(=O)Nc2cccc(F)c2)nnc1-c1ccc(F)cc1.